The van der Waals surface area contributed by atoms with Gasteiger partial charge in [0.2, 0.25) is 5.91 Å². The fraction of sp³-hybridized carbons (Fsp3) is 0.600. The van der Waals surface area contributed by atoms with Gasteiger partial charge in [0.15, 0.2) is 0 Å². The van der Waals surface area contributed by atoms with Crippen molar-refractivity contribution in [3.63, 3.8) is 0 Å². The summed E-state index contributed by atoms with van der Waals surface area (Å²) in [6.07, 6.45) is 2.11. The van der Waals surface area contributed by atoms with Crippen LogP contribution in [0.5, 0.6) is 0 Å². The van der Waals surface area contributed by atoms with Crippen LogP contribution in [0.1, 0.15) is 49.7 Å². The molecule has 0 fully saturated rings. The lowest BCUT2D eigenvalue weighted by Crippen LogP contribution is -2.29. The summed E-state index contributed by atoms with van der Waals surface area (Å²) in [7, 11) is 1.61. The second-order valence-electron chi connectivity index (χ2n) is 4.95. The number of unbranched alkanes of at least 4 members (excludes halogenated alkanes) is 1. The molecular weight excluding hydrogens is 274 g/mol. The molecule has 1 aromatic heterocycles. The van der Waals surface area contributed by atoms with Crippen LogP contribution in [-0.4, -0.2) is 30.7 Å². The number of carboxylic acid groups (broad SMARTS) is 1. The highest BCUT2D eigenvalue weighted by Gasteiger charge is 2.17. The second-order valence-corrected chi connectivity index (χ2v) is 4.95. The first-order valence-electron chi connectivity index (χ1n) is 7.09. The van der Waals surface area contributed by atoms with Gasteiger partial charge in [0.05, 0.1) is 6.04 Å². The van der Waals surface area contributed by atoms with Crippen molar-refractivity contribution in [3.05, 3.63) is 23.7 Å². The molecule has 1 atom stereocenters. The van der Waals surface area contributed by atoms with Crippen LogP contribution in [0.2, 0.25) is 0 Å². The molecule has 1 aromatic rings. The van der Waals surface area contributed by atoms with Crippen molar-refractivity contribution in [2.75, 3.05) is 13.7 Å². The van der Waals surface area contributed by atoms with Crippen molar-refractivity contribution >= 4 is 11.9 Å². The van der Waals surface area contributed by atoms with E-state index in [1.807, 2.05) is 19.1 Å². The van der Waals surface area contributed by atoms with Gasteiger partial charge in [0.1, 0.15) is 11.5 Å². The number of carboxylic acids is 1. The summed E-state index contributed by atoms with van der Waals surface area (Å²) in [5, 5.41) is 11.5. The number of nitrogens with one attached hydrogen (secondary N) is 1. The minimum atomic E-state index is -0.834. The average molecular weight is 297 g/mol. The van der Waals surface area contributed by atoms with E-state index in [1.54, 1.807) is 7.11 Å². The summed E-state index contributed by atoms with van der Waals surface area (Å²) in [4.78, 5) is 22.3. The number of hydrogen-bond donors (Lipinski definition) is 2. The van der Waals surface area contributed by atoms with E-state index < -0.39 is 5.97 Å². The topological polar surface area (TPSA) is 88.8 Å². The molecule has 6 heteroatoms. The molecule has 21 heavy (non-hydrogen) atoms. The lowest BCUT2D eigenvalue weighted by atomic mass is 10.1. The van der Waals surface area contributed by atoms with Crippen molar-refractivity contribution < 1.29 is 23.8 Å². The lowest BCUT2D eigenvalue weighted by Gasteiger charge is -2.16. The molecule has 0 aliphatic rings. The van der Waals surface area contributed by atoms with E-state index in [-0.39, 0.29) is 18.4 Å². The maximum atomic E-state index is 11.9. The van der Waals surface area contributed by atoms with Crippen molar-refractivity contribution in [2.24, 2.45) is 0 Å². The van der Waals surface area contributed by atoms with Gasteiger partial charge in [0, 0.05) is 26.6 Å². The van der Waals surface area contributed by atoms with E-state index >= 15 is 0 Å². The molecule has 0 aromatic carbocycles. The van der Waals surface area contributed by atoms with Gasteiger partial charge in [-0.1, -0.05) is 0 Å². The first kappa shape index (κ1) is 17.2. The summed E-state index contributed by atoms with van der Waals surface area (Å²) in [5.41, 5.74) is 0. The number of hydrogen-bond acceptors (Lipinski definition) is 4. The van der Waals surface area contributed by atoms with Gasteiger partial charge >= 0.3 is 5.97 Å². The van der Waals surface area contributed by atoms with Crippen LogP contribution in [0.4, 0.5) is 0 Å². The van der Waals surface area contributed by atoms with E-state index in [0.717, 1.165) is 5.76 Å². The SMILES string of the molecule is COCCC(NC(=O)CCCCC(=O)O)c1ccc(C)o1. The average Bonchev–Trinajstić information content (AvgIpc) is 2.86. The van der Waals surface area contributed by atoms with Gasteiger partial charge in [0.25, 0.3) is 0 Å². The van der Waals surface area contributed by atoms with Crippen LogP contribution in [0, 0.1) is 6.92 Å². The molecule has 1 rings (SSSR count). The molecule has 0 aliphatic carbocycles. The van der Waals surface area contributed by atoms with Crippen molar-refractivity contribution in [3.8, 4) is 0 Å². The maximum absolute atomic E-state index is 11.9. The first-order valence-corrected chi connectivity index (χ1v) is 7.09. The summed E-state index contributed by atoms with van der Waals surface area (Å²) >= 11 is 0. The van der Waals surface area contributed by atoms with Crippen molar-refractivity contribution in [2.45, 2.75) is 45.1 Å². The summed E-state index contributed by atoms with van der Waals surface area (Å²) in [6, 6.07) is 3.49. The summed E-state index contributed by atoms with van der Waals surface area (Å²) < 4.78 is 10.6. The van der Waals surface area contributed by atoms with Crippen molar-refractivity contribution in [1.29, 1.82) is 0 Å². The van der Waals surface area contributed by atoms with Gasteiger partial charge in [-0.2, -0.15) is 0 Å². The number of carbonyl (C=O) groups is 2. The number of furan rings is 1. The highest BCUT2D eigenvalue weighted by atomic mass is 16.5. The minimum absolute atomic E-state index is 0.0950. The number of ether oxygens (including phenoxy) is 1. The molecule has 0 aliphatic heterocycles. The molecule has 2 N–H and O–H groups in total. The largest absolute Gasteiger partial charge is 0.481 e. The van der Waals surface area contributed by atoms with Crippen LogP contribution >= 0.6 is 0 Å². The fourth-order valence-corrected chi connectivity index (χ4v) is 1.99. The molecule has 118 valence electrons. The number of carbonyl (C=O) groups excluding carboxylic acids is 1. The number of aliphatic carboxylic acids is 1. The second kappa shape index (κ2) is 9.18. The molecule has 0 bridgehead atoms. The molecule has 0 radical (unpaired) electrons. The summed E-state index contributed by atoms with van der Waals surface area (Å²) in [5.74, 6) is 0.571. The van der Waals surface area contributed by atoms with Crippen LogP contribution in [0.3, 0.4) is 0 Å². The molecule has 0 saturated heterocycles. The zero-order valence-corrected chi connectivity index (χ0v) is 12.6. The monoisotopic (exact) mass is 297 g/mol. The number of amides is 1. The standard InChI is InChI=1S/C15H23NO5/c1-11-7-8-13(21-11)12(9-10-20-2)16-14(17)5-3-4-6-15(18)19/h7-8,12H,3-6,9-10H2,1-2H3,(H,16,17)(H,18,19). The molecule has 1 unspecified atom stereocenters. The predicted molar refractivity (Wildman–Crippen MR) is 76.9 cm³/mol. The first-order chi connectivity index (χ1) is 10.0. The number of methoxy groups -OCH3 is 1. The lowest BCUT2D eigenvalue weighted by molar-refractivity contribution is -0.137. The third-order valence-electron chi connectivity index (χ3n) is 3.09. The summed E-state index contributed by atoms with van der Waals surface area (Å²) in [6.45, 7) is 2.37. The quantitative estimate of drug-likeness (QED) is 0.647. The Morgan fingerprint density at radius 3 is 2.62 bits per heavy atom. The molecular formula is C15H23NO5. The van der Waals surface area contributed by atoms with Gasteiger partial charge < -0.3 is 19.6 Å². The van der Waals surface area contributed by atoms with Gasteiger partial charge in [-0.05, 0) is 38.3 Å². The van der Waals surface area contributed by atoms with Crippen molar-refractivity contribution in [1.82, 2.24) is 5.32 Å². The van der Waals surface area contributed by atoms with Gasteiger partial charge in [-0.25, -0.2) is 0 Å². The Morgan fingerprint density at radius 2 is 2.05 bits per heavy atom. The Labute approximate surface area is 124 Å². The minimum Gasteiger partial charge on any atom is -0.481 e. The molecule has 1 heterocycles. The van der Waals surface area contributed by atoms with Gasteiger partial charge in [-0.3, -0.25) is 9.59 Å². The third-order valence-corrected chi connectivity index (χ3v) is 3.09. The molecule has 0 saturated carbocycles. The number of aryl methyl sites for hydroxylation is 1. The number of rotatable bonds is 10. The Balaban J connectivity index is 2.44. The fourth-order valence-electron chi connectivity index (χ4n) is 1.99. The molecule has 1 amide bonds. The Morgan fingerprint density at radius 1 is 1.33 bits per heavy atom. The Kier molecular flexibility index (Phi) is 7.53. The predicted octanol–water partition coefficient (Wildman–Crippen LogP) is 2.43. The smallest absolute Gasteiger partial charge is 0.303 e. The zero-order chi connectivity index (χ0) is 15.7. The highest BCUT2D eigenvalue weighted by Crippen LogP contribution is 2.20. The van der Waals surface area contributed by atoms with Crippen LogP contribution in [0.15, 0.2) is 16.5 Å². The maximum Gasteiger partial charge on any atom is 0.303 e. The molecule has 0 spiro atoms. The van der Waals surface area contributed by atoms with Crippen LogP contribution in [0.25, 0.3) is 0 Å². The van der Waals surface area contributed by atoms with E-state index in [1.165, 1.54) is 0 Å². The Bertz CT molecular complexity index is 455. The highest BCUT2D eigenvalue weighted by molar-refractivity contribution is 5.76. The van der Waals surface area contributed by atoms with E-state index in [0.29, 0.717) is 38.1 Å². The van der Waals surface area contributed by atoms with E-state index in [2.05, 4.69) is 5.32 Å². The normalized spacial score (nSPS) is 12.1. The third kappa shape index (κ3) is 6.94. The van der Waals surface area contributed by atoms with E-state index in [9.17, 15) is 9.59 Å². The Hall–Kier alpha value is -1.82. The molecule has 6 nitrogen and oxygen atoms in total. The van der Waals surface area contributed by atoms with Gasteiger partial charge in [-0.15, -0.1) is 0 Å². The zero-order valence-electron chi connectivity index (χ0n) is 12.6. The van der Waals surface area contributed by atoms with Crippen LogP contribution < -0.4 is 5.32 Å². The van der Waals surface area contributed by atoms with E-state index in [4.69, 9.17) is 14.3 Å². The van der Waals surface area contributed by atoms with Crippen LogP contribution in [-0.2, 0) is 14.3 Å².